The second kappa shape index (κ2) is 4.49. The number of rotatable bonds is 2. The van der Waals surface area contributed by atoms with Crippen molar-refractivity contribution in [3.05, 3.63) is 23.3 Å². The number of aliphatic hydroxyl groups is 1. The molecule has 98 valence electrons. The van der Waals surface area contributed by atoms with Gasteiger partial charge in [-0.1, -0.05) is 0 Å². The molecular weight excluding hydrogens is 236 g/mol. The number of aromatic hydroxyl groups is 1. The van der Waals surface area contributed by atoms with Crippen molar-refractivity contribution in [2.45, 2.75) is 24.9 Å². The molecule has 0 saturated carbocycles. The molecule has 1 aliphatic carbocycles. The van der Waals surface area contributed by atoms with Crippen molar-refractivity contribution >= 4 is 5.97 Å². The summed E-state index contributed by atoms with van der Waals surface area (Å²) in [4.78, 5) is 11.6. The number of methoxy groups -OCH3 is 2. The van der Waals surface area contributed by atoms with Crippen LogP contribution in [0.2, 0.25) is 0 Å². The van der Waals surface area contributed by atoms with Gasteiger partial charge in [0.05, 0.1) is 14.2 Å². The van der Waals surface area contributed by atoms with Crippen LogP contribution in [-0.4, -0.2) is 36.0 Å². The minimum Gasteiger partial charge on any atom is -0.508 e. The van der Waals surface area contributed by atoms with Crippen molar-refractivity contribution in [1.82, 2.24) is 0 Å². The van der Waals surface area contributed by atoms with Crippen LogP contribution in [-0.2, 0) is 22.4 Å². The number of phenols is 1. The number of benzene rings is 1. The van der Waals surface area contributed by atoms with E-state index < -0.39 is 11.6 Å². The molecule has 0 aliphatic heterocycles. The minimum absolute atomic E-state index is 0.0397. The van der Waals surface area contributed by atoms with E-state index in [-0.39, 0.29) is 18.6 Å². The number of carbonyl (C=O) groups is 1. The van der Waals surface area contributed by atoms with Crippen LogP contribution in [0.1, 0.15) is 17.5 Å². The van der Waals surface area contributed by atoms with Gasteiger partial charge in [0.1, 0.15) is 11.5 Å². The lowest BCUT2D eigenvalue weighted by atomic mass is 9.79. The summed E-state index contributed by atoms with van der Waals surface area (Å²) < 4.78 is 9.82. The molecule has 0 amide bonds. The van der Waals surface area contributed by atoms with Crippen LogP contribution >= 0.6 is 0 Å². The molecule has 1 aromatic rings. The zero-order chi connectivity index (χ0) is 13.3. The Morgan fingerprint density at radius 3 is 2.67 bits per heavy atom. The highest BCUT2D eigenvalue weighted by molar-refractivity contribution is 5.80. The third kappa shape index (κ3) is 1.90. The summed E-state index contributed by atoms with van der Waals surface area (Å²) in [5.74, 6) is 0.0536. The van der Waals surface area contributed by atoms with Gasteiger partial charge in [0.25, 0.3) is 0 Å². The fourth-order valence-electron chi connectivity index (χ4n) is 2.40. The van der Waals surface area contributed by atoms with Gasteiger partial charge in [0.2, 0.25) is 0 Å². The highest BCUT2D eigenvalue weighted by Gasteiger charge is 2.42. The number of esters is 1. The maximum absolute atomic E-state index is 11.6. The lowest BCUT2D eigenvalue weighted by molar-refractivity contribution is -0.163. The Labute approximate surface area is 105 Å². The highest BCUT2D eigenvalue weighted by Crippen LogP contribution is 2.39. The smallest absolute Gasteiger partial charge is 0.338 e. The number of hydrogen-bond donors (Lipinski definition) is 2. The molecule has 2 rings (SSSR count). The van der Waals surface area contributed by atoms with Crippen LogP contribution in [0.3, 0.4) is 0 Å². The van der Waals surface area contributed by atoms with Gasteiger partial charge in [0.15, 0.2) is 5.60 Å². The topological polar surface area (TPSA) is 76.0 Å². The molecule has 1 aliphatic rings. The van der Waals surface area contributed by atoms with E-state index in [2.05, 4.69) is 4.74 Å². The van der Waals surface area contributed by atoms with Crippen molar-refractivity contribution < 1.29 is 24.5 Å². The number of phenolic OH excluding ortho intramolecular Hbond substituents is 1. The summed E-state index contributed by atoms with van der Waals surface area (Å²) in [6.45, 7) is 0. The van der Waals surface area contributed by atoms with Crippen LogP contribution < -0.4 is 4.74 Å². The van der Waals surface area contributed by atoms with Crippen molar-refractivity contribution in [3.63, 3.8) is 0 Å². The summed E-state index contributed by atoms with van der Waals surface area (Å²) in [6, 6.07) is 3.18. The van der Waals surface area contributed by atoms with Crippen LogP contribution in [0.4, 0.5) is 0 Å². The van der Waals surface area contributed by atoms with Crippen molar-refractivity contribution in [2.75, 3.05) is 14.2 Å². The second-order valence-electron chi connectivity index (χ2n) is 4.44. The molecule has 5 heteroatoms. The first kappa shape index (κ1) is 12.7. The van der Waals surface area contributed by atoms with E-state index in [1.54, 1.807) is 13.2 Å². The molecule has 18 heavy (non-hydrogen) atoms. The van der Waals surface area contributed by atoms with Gasteiger partial charge in [0, 0.05) is 17.5 Å². The second-order valence-corrected chi connectivity index (χ2v) is 4.44. The maximum Gasteiger partial charge on any atom is 0.338 e. The summed E-state index contributed by atoms with van der Waals surface area (Å²) in [7, 11) is 2.79. The first-order valence-electron chi connectivity index (χ1n) is 5.70. The van der Waals surface area contributed by atoms with Gasteiger partial charge in [-0.05, 0) is 25.0 Å². The van der Waals surface area contributed by atoms with E-state index in [4.69, 9.17) is 4.74 Å². The highest BCUT2D eigenvalue weighted by atomic mass is 16.5. The number of carbonyl (C=O) groups excluding carboxylic acids is 1. The zero-order valence-electron chi connectivity index (χ0n) is 10.4. The monoisotopic (exact) mass is 252 g/mol. The summed E-state index contributed by atoms with van der Waals surface area (Å²) in [5, 5.41) is 20.1. The fourth-order valence-corrected chi connectivity index (χ4v) is 2.40. The molecular formula is C13H16O5. The molecule has 0 aromatic heterocycles. The van der Waals surface area contributed by atoms with E-state index in [0.717, 1.165) is 5.56 Å². The Balaban J connectivity index is 2.43. The predicted octanol–water partition coefficient (Wildman–Crippen LogP) is 0.794. The average Bonchev–Trinajstić information content (AvgIpc) is 2.39. The van der Waals surface area contributed by atoms with Gasteiger partial charge < -0.3 is 19.7 Å². The van der Waals surface area contributed by atoms with Crippen LogP contribution in [0.5, 0.6) is 11.5 Å². The quantitative estimate of drug-likeness (QED) is 0.761. The molecule has 5 nitrogen and oxygen atoms in total. The molecule has 0 spiro atoms. The van der Waals surface area contributed by atoms with Crippen molar-refractivity contribution in [3.8, 4) is 11.5 Å². The third-order valence-corrected chi connectivity index (χ3v) is 3.41. The Morgan fingerprint density at radius 2 is 2.06 bits per heavy atom. The van der Waals surface area contributed by atoms with E-state index in [0.29, 0.717) is 17.7 Å². The Bertz CT molecular complexity index is 483. The van der Waals surface area contributed by atoms with Gasteiger partial charge in [-0.25, -0.2) is 4.79 Å². The molecule has 0 radical (unpaired) electrons. The normalized spacial score (nSPS) is 22.2. The van der Waals surface area contributed by atoms with Gasteiger partial charge >= 0.3 is 5.97 Å². The molecule has 0 unspecified atom stereocenters. The fraction of sp³-hybridized carbons (Fsp3) is 0.462. The van der Waals surface area contributed by atoms with Crippen LogP contribution in [0, 0.1) is 0 Å². The zero-order valence-corrected chi connectivity index (χ0v) is 10.4. The van der Waals surface area contributed by atoms with E-state index >= 15 is 0 Å². The van der Waals surface area contributed by atoms with Crippen LogP contribution in [0.25, 0.3) is 0 Å². The maximum atomic E-state index is 11.6. The number of fused-ring (bicyclic) bond motifs is 1. The molecule has 0 saturated heterocycles. The lowest BCUT2D eigenvalue weighted by Gasteiger charge is -2.31. The van der Waals surface area contributed by atoms with Gasteiger partial charge in [-0.3, -0.25) is 0 Å². The van der Waals surface area contributed by atoms with E-state index in [1.807, 2.05) is 0 Å². The van der Waals surface area contributed by atoms with E-state index in [1.165, 1.54) is 13.2 Å². The lowest BCUT2D eigenvalue weighted by Crippen LogP contribution is -2.44. The average molecular weight is 252 g/mol. The molecule has 0 fully saturated rings. The molecule has 0 heterocycles. The van der Waals surface area contributed by atoms with E-state index in [9.17, 15) is 15.0 Å². The van der Waals surface area contributed by atoms with Crippen molar-refractivity contribution in [1.29, 1.82) is 0 Å². The Morgan fingerprint density at radius 1 is 1.33 bits per heavy atom. The third-order valence-electron chi connectivity index (χ3n) is 3.41. The summed E-state index contributed by atoms with van der Waals surface area (Å²) >= 11 is 0. The summed E-state index contributed by atoms with van der Waals surface area (Å²) in [5.41, 5.74) is -0.175. The SMILES string of the molecule is COC(=O)[C@@]1(O)CCc2c(OC)ccc(O)c2C1. The van der Waals surface area contributed by atoms with Crippen molar-refractivity contribution in [2.24, 2.45) is 0 Å². The first-order valence-corrected chi connectivity index (χ1v) is 5.70. The standard InChI is InChI=1S/C13H16O5/c1-17-11-4-3-10(14)9-7-13(16,12(15)18-2)6-5-8(9)11/h3-4,14,16H,5-7H2,1-2H3/t13-/m1/s1. The first-order chi connectivity index (χ1) is 8.51. The van der Waals surface area contributed by atoms with Gasteiger partial charge in [-0.15, -0.1) is 0 Å². The largest absolute Gasteiger partial charge is 0.508 e. The Kier molecular flexibility index (Phi) is 3.17. The molecule has 1 atom stereocenters. The Hall–Kier alpha value is -1.75. The molecule has 2 N–H and O–H groups in total. The molecule has 1 aromatic carbocycles. The molecule has 0 bridgehead atoms. The number of ether oxygens (including phenoxy) is 2. The predicted molar refractivity (Wildman–Crippen MR) is 63.6 cm³/mol. The van der Waals surface area contributed by atoms with Gasteiger partial charge in [-0.2, -0.15) is 0 Å². The number of hydrogen-bond acceptors (Lipinski definition) is 5. The van der Waals surface area contributed by atoms with Crippen LogP contribution in [0.15, 0.2) is 12.1 Å². The minimum atomic E-state index is -1.56. The summed E-state index contributed by atoms with van der Waals surface area (Å²) in [6.07, 6.45) is 0.753.